The summed E-state index contributed by atoms with van der Waals surface area (Å²) < 4.78 is 5.92. The van der Waals surface area contributed by atoms with Crippen LogP contribution in [-0.2, 0) is 9.63 Å². The van der Waals surface area contributed by atoms with Gasteiger partial charge in [-0.15, -0.1) is 0 Å². The van der Waals surface area contributed by atoms with Gasteiger partial charge in [0.15, 0.2) is 5.82 Å². The Kier molecular flexibility index (Phi) is 9.75. The number of methoxy groups -OCH3 is 1. The summed E-state index contributed by atoms with van der Waals surface area (Å²) in [5, 5.41) is 10.8. The maximum Gasteiger partial charge on any atom is 0.247 e. The van der Waals surface area contributed by atoms with Crippen molar-refractivity contribution in [3.8, 4) is 5.75 Å². The Balaban J connectivity index is 0.987. The molecule has 11 nitrogen and oxygen atoms in total. The van der Waals surface area contributed by atoms with E-state index in [1.54, 1.807) is 7.11 Å². The maximum absolute atomic E-state index is 12.7. The zero-order valence-corrected chi connectivity index (χ0v) is 29.5. The number of hydrogen-bond donors (Lipinski definition) is 2. The molecule has 3 aliphatic heterocycles. The quantitative estimate of drug-likeness (QED) is 0.179. The van der Waals surface area contributed by atoms with Crippen LogP contribution in [0.3, 0.4) is 0 Å². The van der Waals surface area contributed by atoms with Gasteiger partial charge in [-0.25, -0.2) is 15.0 Å². The molecule has 3 saturated heterocycles. The minimum absolute atomic E-state index is 0.0213. The Labute approximate surface area is 300 Å². The summed E-state index contributed by atoms with van der Waals surface area (Å²) >= 11 is 0. The van der Waals surface area contributed by atoms with Crippen LogP contribution in [0, 0.1) is 0 Å². The van der Waals surface area contributed by atoms with E-state index >= 15 is 0 Å². The molecule has 51 heavy (non-hydrogen) atoms. The number of anilines is 5. The number of ether oxygens (including phenoxy) is 1. The molecule has 4 heterocycles. The lowest BCUT2D eigenvalue weighted by Gasteiger charge is -2.46. The lowest BCUT2D eigenvalue weighted by molar-refractivity contribution is -0.111. The summed E-state index contributed by atoms with van der Waals surface area (Å²) in [5.74, 6) is 1.63. The molecule has 4 fully saturated rings. The zero-order valence-electron chi connectivity index (χ0n) is 29.5. The number of carbonyl (C=O) groups excluding carboxylic acids is 1. The predicted octanol–water partition coefficient (Wildman–Crippen LogP) is 6.53. The minimum Gasteiger partial charge on any atom is -0.494 e. The van der Waals surface area contributed by atoms with Crippen molar-refractivity contribution >= 4 is 45.4 Å². The first-order valence-electron chi connectivity index (χ1n) is 18.4. The van der Waals surface area contributed by atoms with E-state index < -0.39 is 0 Å². The van der Waals surface area contributed by atoms with Crippen molar-refractivity contribution in [2.24, 2.45) is 0 Å². The van der Waals surface area contributed by atoms with Crippen LogP contribution >= 0.6 is 0 Å². The number of fused-ring (bicyclic) bond motifs is 1. The molecule has 11 heteroatoms. The largest absolute Gasteiger partial charge is 0.494 e. The molecule has 1 atom stereocenters. The molecule has 266 valence electrons. The molecule has 4 aromatic rings. The van der Waals surface area contributed by atoms with Crippen molar-refractivity contribution in [2.75, 3.05) is 73.6 Å². The van der Waals surface area contributed by atoms with Gasteiger partial charge in [0.2, 0.25) is 5.91 Å². The second-order valence-corrected chi connectivity index (χ2v) is 14.1. The Morgan fingerprint density at radius 2 is 1.61 bits per heavy atom. The second-order valence-electron chi connectivity index (χ2n) is 14.1. The fraction of sp³-hybridized carbons (Fsp3) is 0.425. The first kappa shape index (κ1) is 33.4. The van der Waals surface area contributed by atoms with Crippen LogP contribution in [0.4, 0.5) is 28.7 Å². The average Bonchev–Trinajstić information content (AvgIpc) is 3.65. The number of hydroxylamine groups is 1. The number of hydrogen-bond acceptors (Lipinski definition) is 10. The highest BCUT2D eigenvalue weighted by Crippen LogP contribution is 2.41. The molecule has 1 unspecified atom stereocenters. The number of piperidine rings is 1. The molecule has 1 saturated carbocycles. The SMILES string of the molecule is C=CC(=O)Nc1cc(Nc2cc(N3OCCC3c3ccc4ccccc4c3)ncn2)c(OC)cc1N1CCC(N2CCN(C3CCC3)CC2)CC1. The van der Waals surface area contributed by atoms with Crippen LogP contribution in [0.2, 0.25) is 0 Å². The van der Waals surface area contributed by atoms with E-state index in [0.717, 1.165) is 57.2 Å². The van der Waals surface area contributed by atoms with Gasteiger partial charge in [-0.1, -0.05) is 49.4 Å². The standard InChI is InChI=1S/C40H48N8O3/c1-3-40(49)44-33-24-34(37(50-2)25-36(33)47-16-13-32(14-17-47)46-20-18-45(19-21-46)31-9-6-10-31)43-38-26-39(42-27-41-38)48-35(15-22-51-48)30-12-11-28-7-4-5-8-29(28)23-30/h3-5,7-8,11-12,23-27,31-32,35H,1,6,9-10,13-22H2,2H3,(H,44,49)(H,41,42,43). The smallest absolute Gasteiger partial charge is 0.247 e. The first-order chi connectivity index (χ1) is 25.1. The van der Waals surface area contributed by atoms with Gasteiger partial charge >= 0.3 is 0 Å². The summed E-state index contributed by atoms with van der Waals surface area (Å²) in [6, 6.07) is 22.2. The molecule has 1 aliphatic carbocycles. The number of nitrogens with zero attached hydrogens (tertiary/aromatic N) is 6. The third-order valence-corrected chi connectivity index (χ3v) is 11.2. The van der Waals surface area contributed by atoms with Crippen LogP contribution < -0.4 is 25.3 Å². The molecule has 0 radical (unpaired) electrons. The van der Waals surface area contributed by atoms with Gasteiger partial charge in [0.05, 0.1) is 36.8 Å². The van der Waals surface area contributed by atoms with Crippen LogP contribution in [0.15, 0.2) is 79.6 Å². The van der Waals surface area contributed by atoms with E-state index in [1.165, 1.54) is 61.1 Å². The van der Waals surface area contributed by atoms with E-state index in [-0.39, 0.29) is 11.9 Å². The van der Waals surface area contributed by atoms with Crippen LogP contribution in [0.25, 0.3) is 10.8 Å². The van der Waals surface area contributed by atoms with Gasteiger partial charge in [0.1, 0.15) is 17.9 Å². The van der Waals surface area contributed by atoms with Crippen molar-refractivity contribution in [1.29, 1.82) is 0 Å². The number of aromatic nitrogens is 2. The van der Waals surface area contributed by atoms with Crippen molar-refractivity contribution in [3.05, 3.63) is 85.2 Å². The number of benzene rings is 3. The number of piperazine rings is 1. The van der Waals surface area contributed by atoms with Gasteiger partial charge in [0, 0.05) is 69.9 Å². The summed E-state index contributed by atoms with van der Waals surface area (Å²) in [5.41, 5.74) is 3.49. The highest BCUT2D eigenvalue weighted by atomic mass is 16.7. The van der Waals surface area contributed by atoms with Crippen molar-refractivity contribution in [1.82, 2.24) is 19.8 Å². The molecule has 3 aromatic carbocycles. The van der Waals surface area contributed by atoms with E-state index in [1.807, 2.05) is 23.3 Å². The molecule has 8 rings (SSSR count). The maximum atomic E-state index is 12.7. The number of nitrogens with one attached hydrogen (secondary N) is 2. The van der Waals surface area contributed by atoms with Crippen LogP contribution in [-0.4, -0.2) is 90.7 Å². The highest BCUT2D eigenvalue weighted by molar-refractivity contribution is 6.02. The highest BCUT2D eigenvalue weighted by Gasteiger charge is 2.33. The number of carbonyl (C=O) groups is 1. The molecule has 1 amide bonds. The van der Waals surface area contributed by atoms with E-state index in [0.29, 0.717) is 41.4 Å². The second kappa shape index (κ2) is 14.9. The summed E-state index contributed by atoms with van der Waals surface area (Å²) in [6.07, 6.45) is 10.0. The van der Waals surface area contributed by atoms with E-state index in [4.69, 9.17) is 9.57 Å². The van der Waals surface area contributed by atoms with Crippen molar-refractivity contribution < 1.29 is 14.4 Å². The van der Waals surface area contributed by atoms with Crippen LogP contribution in [0.5, 0.6) is 5.75 Å². The Morgan fingerprint density at radius 3 is 2.31 bits per heavy atom. The molecule has 1 aromatic heterocycles. The Bertz CT molecular complexity index is 1870. The molecule has 0 bridgehead atoms. The van der Waals surface area contributed by atoms with Crippen LogP contribution in [0.1, 0.15) is 50.1 Å². The molecule has 2 N–H and O–H groups in total. The third-order valence-electron chi connectivity index (χ3n) is 11.2. The Morgan fingerprint density at radius 1 is 0.863 bits per heavy atom. The van der Waals surface area contributed by atoms with E-state index in [9.17, 15) is 4.79 Å². The fourth-order valence-corrected chi connectivity index (χ4v) is 8.16. The molecular weight excluding hydrogens is 640 g/mol. The first-order valence-corrected chi connectivity index (χ1v) is 18.4. The molecule has 4 aliphatic rings. The van der Waals surface area contributed by atoms with E-state index in [2.05, 4.69) is 84.3 Å². The topological polar surface area (TPSA) is 98.3 Å². The molecular formula is C40H48N8O3. The number of amides is 1. The van der Waals surface area contributed by atoms with Gasteiger partial charge < -0.3 is 20.3 Å². The third kappa shape index (κ3) is 7.11. The average molecular weight is 689 g/mol. The van der Waals surface area contributed by atoms with Gasteiger partial charge in [0.25, 0.3) is 0 Å². The van der Waals surface area contributed by atoms with Gasteiger partial charge in [-0.2, -0.15) is 0 Å². The summed E-state index contributed by atoms with van der Waals surface area (Å²) in [4.78, 5) is 35.7. The fourth-order valence-electron chi connectivity index (χ4n) is 8.16. The van der Waals surface area contributed by atoms with Gasteiger partial charge in [-0.05, 0) is 60.2 Å². The zero-order chi connectivity index (χ0) is 34.7. The van der Waals surface area contributed by atoms with Crippen molar-refractivity contribution in [3.63, 3.8) is 0 Å². The summed E-state index contributed by atoms with van der Waals surface area (Å²) in [6.45, 7) is 10.8. The Hall–Kier alpha value is -4.71. The number of rotatable bonds is 10. The lowest BCUT2D eigenvalue weighted by Crippen LogP contribution is -2.56. The lowest BCUT2D eigenvalue weighted by atomic mass is 9.91. The monoisotopic (exact) mass is 688 g/mol. The van der Waals surface area contributed by atoms with Crippen molar-refractivity contribution in [2.45, 2.75) is 56.7 Å². The van der Waals surface area contributed by atoms with Gasteiger partial charge in [-0.3, -0.25) is 19.4 Å². The minimum atomic E-state index is -0.262. The molecule has 0 spiro atoms. The predicted molar refractivity (Wildman–Crippen MR) is 203 cm³/mol. The summed E-state index contributed by atoms with van der Waals surface area (Å²) in [7, 11) is 1.67. The normalized spacial score (nSPS) is 20.7.